The summed E-state index contributed by atoms with van der Waals surface area (Å²) in [5.74, 6) is 0.269. The van der Waals surface area contributed by atoms with Gasteiger partial charge in [-0.25, -0.2) is 12.8 Å². The van der Waals surface area contributed by atoms with E-state index in [2.05, 4.69) is 4.98 Å². The molecule has 1 amide bonds. The second-order valence-corrected chi connectivity index (χ2v) is 9.18. The number of fused-ring (bicyclic) bond motifs is 1. The van der Waals surface area contributed by atoms with Crippen molar-refractivity contribution in [1.82, 2.24) is 9.88 Å². The molecule has 128 valence electrons. The van der Waals surface area contributed by atoms with Gasteiger partial charge in [0.15, 0.2) is 9.84 Å². The fourth-order valence-electron chi connectivity index (χ4n) is 2.83. The number of rotatable bonds is 2. The van der Waals surface area contributed by atoms with Crippen LogP contribution in [0, 0.1) is 12.7 Å². The van der Waals surface area contributed by atoms with E-state index in [0.29, 0.717) is 40.2 Å². The van der Waals surface area contributed by atoms with E-state index >= 15 is 0 Å². The third-order valence-corrected chi connectivity index (χ3v) is 6.61. The first-order valence-corrected chi connectivity index (χ1v) is 10.5. The lowest BCUT2D eigenvalue weighted by atomic mass is 10.1. The molecule has 1 saturated heterocycles. The molecule has 8 heteroatoms. The van der Waals surface area contributed by atoms with E-state index in [1.54, 1.807) is 13.0 Å². The third-order valence-electron chi connectivity index (χ3n) is 3.97. The van der Waals surface area contributed by atoms with Gasteiger partial charge in [0, 0.05) is 41.5 Å². The van der Waals surface area contributed by atoms with Crippen LogP contribution in [0.5, 0.6) is 0 Å². The molecule has 0 saturated carbocycles. The van der Waals surface area contributed by atoms with Crippen LogP contribution in [0.25, 0.3) is 10.9 Å². The molecule has 0 spiro atoms. The van der Waals surface area contributed by atoms with Crippen LogP contribution in [0.3, 0.4) is 0 Å². The van der Waals surface area contributed by atoms with Crippen LogP contribution in [-0.2, 0) is 9.84 Å². The van der Waals surface area contributed by atoms with Crippen molar-refractivity contribution in [2.24, 2.45) is 0 Å². The maximum Gasteiger partial charge on any atom is 0.255 e. The van der Waals surface area contributed by atoms with Gasteiger partial charge in [-0.05, 0) is 25.1 Å². The number of carbonyl (C=O) groups excluding carboxylic acids is 1. The van der Waals surface area contributed by atoms with E-state index in [-0.39, 0.29) is 5.91 Å². The molecule has 1 atom stereocenters. The number of aromatic nitrogens is 1. The zero-order valence-corrected chi connectivity index (χ0v) is 15.0. The molecule has 2 heterocycles. The first-order chi connectivity index (χ1) is 11.3. The summed E-state index contributed by atoms with van der Waals surface area (Å²) in [7, 11) is -3.39. The van der Waals surface area contributed by atoms with Gasteiger partial charge in [-0.3, -0.25) is 9.78 Å². The van der Waals surface area contributed by atoms with Crippen LogP contribution in [-0.4, -0.2) is 53.9 Å². The molecule has 1 aromatic carbocycles. The maximum atomic E-state index is 13.5. The Morgan fingerprint density at radius 3 is 2.83 bits per heavy atom. The molecule has 1 aromatic heterocycles. The minimum Gasteiger partial charge on any atom is -0.320 e. The summed E-state index contributed by atoms with van der Waals surface area (Å²) >= 11 is 1.52. The van der Waals surface area contributed by atoms with Gasteiger partial charge >= 0.3 is 0 Å². The van der Waals surface area contributed by atoms with Gasteiger partial charge < -0.3 is 4.90 Å². The van der Waals surface area contributed by atoms with Gasteiger partial charge in [0.2, 0.25) is 0 Å². The van der Waals surface area contributed by atoms with E-state index < -0.39 is 21.0 Å². The molecule has 0 bridgehead atoms. The Balaban J connectivity index is 2.11. The van der Waals surface area contributed by atoms with Crippen molar-refractivity contribution in [2.75, 3.05) is 24.3 Å². The molecule has 24 heavy (non-hydrogen) atoms. The average Bonchev–Trinajstić information content (AvgIpc) is 2.52. The third kappa shape index (κ3) is 3.25. The summed E-state index contributed by atoms with van der Waals surface area (Å²) in [5, 5.41) is -0.315. The number of halogens is 1. The zero-order chi connectivity index (χ0) is 17.5. The lowest BCUT2D eigenvalue weighted by Crippen LogP contribution is -2.50. The van der Waals surface area contributed by atoms with Crippen molar-refractivity contribution in [3.05, 3.63) is 41.3 Å². The maximum absolute atomic E-state index is 13.5. The van der Waals surface area contributed by atoms with Crippen LogP contribution in [0.15, 0.2) is 24.3 Å². The molecule has 3 rings (SSSR count). The fourth-order valence-corrected chi connectivity index (χ4v) is 5.65. The van der Waals surface area contributed by atoms with Crippen molar-refractivity contribution in [1.29, 1.82) is 0 Å². The quantitative estimate of drug-likeness (QED) is 0.813. The smallest absolute Gasteiger partial charge is 0.255 e. The highest BCUT2D eigenvalue weighted by Crippen LogP contribution is 2.26. The monoisotopic (exact) mass is 368 g/mol. The number of nitrogens with zero attached hydrogens (tertiary/aromatic N) is 2. The van der Waals surface area contributed by atoms with Crippen LogP contribution in [0.4, 0.5) is 4.39 Å². The molecular formula is C16H17FN2O3S2. The van der Waals surface area contributed by atoms with Crippen LogP contribution in [0.1, 0.15) is 16.1 Å². The summed E-state index contributed by atoms with van der Waals surface area (Å²) in [6.07, 6.45) is 1.15. The Hall–Kier alpha value is -1.67. The predicted octanol–water partition coefficient (Wildman–Crippen LogP) is 2.24. The molecule has 1 aliphatic rings. The van der Waals surface area contributed by atoms with Crippen molar-refractivity contribution < 1.29 is 17.6 Å². The average molecular weight is 368 g/mol. The summed E-state index contributed by atoms with van der Waals surface area (Å²) in [4.78, 5) is 18.7. The summed E-state index contributed by atoms with van der Waals surface area (Å²) in [6, 6.07) is 5.69. The molecule has 0 radical (unpaired) electrons. The molecule has 0 N–H and O–H groups in total. The first kappa shape index (κ1) is 17.2. The number of pyridine rings is 1. The minimum absolute atomic E-state index is 0.354. The standard InChI is InChI=1S/C16H17FN2O3S2/c1-10-7-13(12-4-3-11(17)8-14(12)18-10)16(20)19-5-6-23-9-15(19)24(2,21)22/h3-4,7-8,15H,5-6,9H2,1-2H3. The summed E-state index contributed by atoms with van der Waals surface area (Å²) in [5.41, 5.74) is 1.33. The SMILES string of the molecule is Cc1cc(C(=O)N2CCSCC2S(C)(=O)=O)c2ccc(F)cc2n1. The molecule has 5 nitrogen and oxygen atoms in total. The number of hydrogen-bond donors (Lipinski definition) is 0. The summed E-state index contributed by atoms with van der Waals surface area (Å²) in [6.45, 7) is 2.09. The highest BCUT2D eigenvalue weighted by atomic mass is 32.2. The van der Waals surface area contributed by atoms with Crippen LogP contribution >= 0.6 is 11.8 Å². The highest BCUT2D eigenvalue weighted by Gasteiger charge is 2.35. The van der Waals surface area contributed by atoms with Crippen LogP contribution in [0.2, 0.25) is 0 Å². The summed E-state index contributed by atoms with van der Waals surface area (Å²) < 4.78 is 37.5. The van der Waals surface area contributed by atoms with E-state index in [1.807, 2.05) is 0 Å². The van der Waals surface area contributed by atoms with E-state index in [9.17, 15) is 17.6 Å². The Morgan fingerprint density at radius 1 is 1.38 bits per heavy atom. The minimum atomic E-state index is -3.39. The molecular weight excluding hydrogens is 351 g/mol. The van der Waals surface area contributed by atoms with Gasteiger partial charge in [0.1, 0.15) is 11.2 Å². The highest BCUT2D eigenvalue weighted by molar-refractivity contribution is 8.00. The van der Waals surface area contributed by atoms with Crippen molar-refractivity contribution in [3.8, 4) is 0 Å². The number of hydrogen-bond acceptors (Lipinski definition) is 5. The zero-order valence-electron chi connectivity index (χ0n) is 13.3. The van der Waals surface area contributed by atoms with Gasteiger partial charge in [-0.1, -0.05) is 0 Å². The molecule has 1 unspecified atom stereocenters. The number of carbonyl (C=O) groups is 1. The number of benzene rings is 1. The Morgan fingerprint density at radius 2 is 2.12 bits per heavy atom. The van der Waals surface area contributed by atoms with E-state index in [1.165, 1.54) is 34.9 Å². The van der Waals surface area contributed by atoms with Crippen LogP contribution < -0.4 is 0 Å². The van der Waals surface area contributed by atoms with Gasteiger partial charge in [-0.15, -0.1) is 0 Å². The largest absolute Gasteiger partial charge is 0.320 e. The number of thioether (sulfide) groups is 1. The Bertz CT molecular complexity index is 910. The van der Waals surface area contributed by atoms with Crippen molar-refractivity contribution >= 4 is 38.4 Å². The van der Waals surface area contributed by atoms with E-state index in [0.717, 1.165) is 6.26 Å². The van der Waals surface area contributed by atoms with Gasteiger partial charge in [0.05, 0.1) is 11.1 Å². The van der Waals surface area contributed by atoms with Gasteiger partial charge in [0.25, 0.3) is 5.91 Å². The second kappa shape index (κ2) is 6.33. The molecule has 1 fully saturated rings. The number of aryl methyl sites for hydroxylation is 1. The molecule has 2 aromatic rings. The number of sulfone groups is 1. The second-order valence-electron chi connectivity index (χ2n) is 5.83. The lowest BCUT2D eigenvalue weighted by molar-refractivity contribution is 0.0751. The Kier molecular flexibility index (Phi) is 4.52. The predicted molar refractivity (Wildman–Crippen MR) is 93.4 cm³/mol. The first-order valence-electron chi connectivity index (χ1n) is 7.42. The fraction of sp³-hybridized carbons (Fsp3) is 0.375. The van der Waals surface area contributed by atoms with Crippen molar-refractivity contribution in [2.45, 2.75) is 12.3 Å². The van der Waals surface area contributed by atoms with E-state index in [4.69, 9.17) is 0 Å². The number of amides is 1. The normalized spacial score (nSPS) is 18.8. The molecule has 0 aliphatic carbocycles. The van der Waals surface area contributed by atoms with Crippen molar-refractivity contribution in [3.63, 3.8) is 0 Å². The lowest BCUT2D eigenvalue weighted by Gasteiger charge is -2.34. The molecule has 1 aliphatic heterocycles. The topological polar surface area (TPSA) is 67.3 Å². The van der Waals surface area contributed by atoms with Gasteiger partial charge in [-0.2, -0.15) is 11.8 Å². The Labute approximate surface area is 144 Å².